The van der Waals surface area contributed by atoms with E-state index in [2.05, 4.69) is 20.9 Å². The Morgan fingerprint density at radius 2 is 1.43 bits per heavy atom. The van der Waals surface area contributed by atoms with Crippen molar-refractivity contribution in [2.45, 2.75) is 83.0 Å². The minimum Gasteiger partial charge on any atom is -0.481 e. The van der Waals surface area contributed by atoms with Gasteiger partial charge in [-0.25, -0.2) is 4.79 Å². The van der Waals surface area contributed by atoms with Crippen LogP contribution >= 0.6 is 0 Å². The smallest absolute Gasteiger partial charge is 0.326 e. The van der Waals surface area contributed by atoms with E-state index < -0.39 is 66.2 Å². The molecular formula is C22H42N8O7. The molecule has 0 rings (SSSR count). The quantitative estimate of drug-likeness (QED) is 0.0480. The second kappa shape index (κ2) is 17.9. The monoisotopic (exact) mass is 530 g/mol. The fraction of sp³-hybridized carbons (Fsp3) is 0.727. The maximum Gasteiger partial charge on any atom is 0.326 e. The number of carbonyl (C=O) groups excluding carboxylic acids is 3. The number of carboxylic acid groups (broad SMARTS) is 2. The predicted octanol–water partition coefficient (Wildman–Crippen LogP) is -2.44. The summed E-state index contributed by atoms with van der Waals surface area (Å²) in [4.78, 5) is 64.8. The normalized spacial score (nSPS) is 14.1. The summed E-state index contributed by atoms with van der Waals surface area (Å²) in [5.74, 6) is -5.24. The van der Waals surface area contributed by atoms with Crippen LogP contribution < -0.4 is 38.9 Å². The van der Waals surface area contributed by atoms with Crippen LogP contribution in [0.2, 0.25) is 0 Å². The number of carboxylic acids is 2. The maximum absolute atomic E-state index is 13.0. The average molecular weight is 531 g/mol. The van der Waals surface area contributed by atoms with Crippen molar-refractivity contribution in [2.24, 2.45) is 33.8 Å². The molecule has 0 aliphatic carbocycles. The Morgan fingerprint density at radius 1 is 0.811 bits per heavy atom. The van der Waals surface area contributed by atoms with Crippen molar-refractivity contribution in [1.82, 2.24) is 16.0 Å². The molecule has 37 heavy (non-hydrogen) atoms. The molecule has 3 amide bonds. The lowest BCUT2D eigenvalue weighted by atomic mass is 10.0. The number of rotatable bonds is 19. The summed E-state index contributed by atoms with van der Waals surface area (Å²) in [6.07, 6.45) is 1.25. The SMILES string of the molecule is CC(C)C(NC(=O)C(CCC(=O)O)NC(=O)C(N)CCCCN)C(=O)NC(CCCN=C(N)N)C(=O)O. The van der Waals surface area contributed by atoms with Gasteiger partial charge in [-0.1, -0.05) is 20.3 Å². The Labute approximate surface area is 216 Å². The van der Waals surface area contributed by atoms with Crippen molar-refractivity contribution >= 4 is 35.6 Å². The van der Waals surface area contributed by atoms with Gasteiger partial charge < -0.3 is 49.1 Å². The molecule has 0 radical (unpaired) electrons. The second-order valence-electron chi connectivity index (χ2n) is 8.96. The zero-order chi connectivity index (χ0) is 28.5. The summed E-state index contributed by atoms with van der Waals surface area (Å²) in [5.41, 5.74) is 21.8. The summed E-state index contributed by atoms with van der Waals surface area (Å²) in [6, 6.07) is -4.61. The molecule has 0 aliphatic heterocycles. The summed E-state index contributed by atoms with van der Waals surface area (Å²) in [5, 5.41) is 25.8. The van der Waals surface area contributed by atoms with E-state index in [0.717, 1.165) is 0 Å². The van der Waals surface area contributed by atoms with E-state index in [4.69, 9.17) is 28.0 Å². The number of nitrogens with two attached hydrogens (primary N) is 4. The van der Waals surface area contributed by atoms with Crippen molar-refractivity contribution in [3.63, 3.8) is 0 Å². The molecule has 212 valence electrons. The molecule has 0 heterocycles. The molecule has 4 atom stereocenters. The molecule has 0 aromatic carbocycles. The molecule has 0 aromatic rings. The first-order valence-electron chi connectivity index (χ1n) is 12.2. The molecule has 0 saturated carbocycles. The highest BCUT2D eigenvalue weighted by Gasteiger charge is 2.32. The lowest BCUT2D eigenvalue weighted by Gasteiger charge is -2.27. The van der Waals surface area contributed by atoms with Gasteiger partial charge in [-0.05, 0) is 44.6 Å². The Bertz CT molecular complexity index is 802. The van der Waals surface area contributed by atoms with Gasteiger partial charge in [-0.2, -0.15) is 0 Å². The van der Waals surface area contributed by atoms with Crippen LogP contribution in [0.25, 0.3) is 0 Å². The standard InChI is InChI=1S/C22H42N8O7/c1-12(2)17(20(35)29-15(21(36)37)7-5-11-27-22(25)26)30-19(34)14(8-9-16(31)32)28-18(33)13(24)6-3-4-10-23/h12-15,17H,3-11,23-24H2,1-2H3,(H,28,33)(H,29,35)(H,30,34)(H,31,32)(H,36,37)(H4,25,26,27). The number of hydrogen-bond donors (Lipinski definition) is 9. The van der Waals surface area contributed by atoms with E-state index in [-0.39, 0.29) is 31.8 Å². The number of aliphatic imine (C=N–C) groups is 1. The number of carbonyl (C=O) groups is 5. The first kappa shape index (κ1) is 33.5. The van der Waals surface area contributed by atoms with Crippen molar-refractivity contribution in [2.75, 3.05) is 13.1 Å². The highest BCUT2D eigenvalue weighted by atomic mass is 16.4. The summed E-state index contributed by atoms with van der Waals surface area (Å²) in [6.45, 7) is 3.88. The molecule has 0 spiro atoms. The van der Waals surface area contributed by atoms with Crippen LogP contribution in [0.3, 0.4) is 0 Å². The summed E-state index contributed by atoms with van der Waals surface area (Å²) in [7, 11) is 0. The Morgan fingerprint density at radius 3 is 1.95 bits per heavy atom. The minimum absolute atomic E-state index is 0.0377. The van der Waals surface area contributed by atoms with Crippen molar-refractivity contribution in [1.29, 1.82) is 0 Å². The van der Waals surface area contributed by atoms with Crippen molar-refractivity contribution < 1.29 is 34.2 Å². The van der Waals surface area contributed by atoms with Gasteiger partial charge in [0, 0.05) is 13.0 Å². The molecule has 0 aromatic heterocycles. The van der Waals surface area contributed by atoms with Crippen LogP contribution in [0, 0.1) is 5.92 Å². The van der Waals surface area contributed by atoms with Gasteiger partial charge >= 0.3 is 11.9 Å². The molecule has 15 nitrogen and oxygen atoms in total. The lowest BCUT2D eigenvalue weighted by Crippen LogP contribution is -2.58. The zero-order valence-electron chi connectivity index (χ0n) is 21.4. The highest BCUT2D eigenvalue weighted by molar-refractivity contribution is 5.94. The number of unbranched alkanes of at least 4 members (excludes halogenated alkanes) is 1. The van der Waals surface area contributed by atoms with Gasteiger partial charge in [0.2, 0.25) is 17.7 Å². The fourth-order valence-electron chi connectivity index (χ4n) is 3.27. The number of hydrogen-bond acceptors (Lipinski definition) is 8. The third-order valence-corrected chi connectivity index (χ3v) is 5.39. The largest absolute Gasteiger partial charge is 0.481 e. The van der Waals surface area contributed by atoms with E-state index in [1.165, 1.54) is 0 Å². The number of amides is 3. The van der Waals surface area contributed by atoms with E-state index in [1.807, 2.05) is 0 Å². The minimum atomic E-state index is -1.28. The fourth-order valence-corrected chi connectivity index (χ4v) is 3.27. The van der Waals surface area contributed by atoms with Gasteiger partial charge in [0.25, 0.3) is 0 Å². The van der Waals surface area contributed by atoms with Crippen LogP contribution in [0.15, 0.2) is 4.99 Å². The van der Waals surface area contributed by atoms with Crippen LogP contribution in [-0.4, -0.2) is 83.1 Å². The van der Waals surface area contributed by atoms with E-state index in [1.54, 1.807) is 13.8 Å². The first-order chi connectivity index (χ1) is 17.3. The summed E-state index contributed by atoms with van der Waals surface area (Å²) >= 11 is 0. The number of nitrogens with zero attached hydrogens (tertiary/aromatic N) is 1. The molecular weight excluding hydrogens is 488 g/mol. The highest BCUT2D eigenvalue weighted by Crippen LogP contribution is 2.08. The van der Waals surface area contributed by atoms with Crippen molar-refractivity contribution in [3.05, 3.63) is 0 Å². The van der Waals surface area contributed by atoms with E-state index >= 15 is 0 Å². The van der Waals surface area contributed by atoms with E-state index in [0.29, 0.717) is 25.8 Å². The zero-order valence-corrected chi connectivity index (χ0v) is 21.4. The number of aliphatic carboxylic acids is 2. The van der Waals surface area contributed by atoms with Gasteiger partial charge in [0.15, 0.2) is 5.96 Å². The van der Waals surface area contributed by atoms with Gasteiger partial charge in [-0.3, -0.25) is 24.2 Å². The van der Waals surface area contributed by atoms with Crippen LogP contribution in [0.4, 0.5) is 0 Å². The third kappa shape index (κ3) is 14.6. The topological polar surface area (TPSA) is 278 Å². The molecule has 13 N–H and O–H groups in total. The van der Waals surface area contributed by atoms with Gasteiger partial charge in [-0.15, -0.1) is 0 Å². The Hall–Kier alpha value is -3.46. The van der Waals surface area contributed by atoms with Crippen molar-refractivity contribution in [3.8, 4) is 0 Å². The maximum atomic E-state index is 13.0. The third-order valence-electron chi connectivity index (χ3n) is 5.39. The van der Waals surface area contributed by atoms with Gasteiger partial charge in [0.05, 0.1) is 6.04 Å². The lowest BCUT2D eigenvalue weighted by molar-refractivity contribution is -0.142. The average Bonchev–Trinajstić information content (AvgIpc) is 2.80. The predicted molar refractivity (Wildman–Crippen MR) is 136 cm³/mol. The molecule has 0 fully saturated rings. The van der Waals surface area contributed by atoms with Crippen LogP contribution in [-0.2, 0) is 24.0 Å². The molecule has 0 bridgehead atoms. The first-order valence-corrected chi connectivity index (χ1v) is 12.2. The molecule has 15 heteroatoms. The molecule has 0 aliphatic rings. The van der Waals surface area contributed by atoms with Crippen LogP contribution in [0.1, 0.15) is 58.8 Å². The second-order valence-corrected chi connectivity index (χ2v) is 8.96. The Kier molecular flexibility index (Phi) is 16.2. The number of guanidine groups is 1. The van der Waals surface area contributed by atoms with Gasteiger partial charge in [0.1, 0.15) is 18.1 Å². The van der Waals surface area contributed by atoms with Crippen LogP contribution in [0.5, 0.6) is 0 Å². The Balaban J connectivity index is 5.39. The molecule has 0 saturated heterocycles. The van der Waals surface area contributed by atoms with E-state index in [9.17, 15) is 29.1 Å². The summed E-state index contributed by atoms with van der Waals surface area (Å²) < 4.78 is 0. The molecule has 4 unspecified atom stereocenters. The number of nitrogens with one attached hydrogen (secondary N) is 3.